The highest BCUT2D eigenvalue weighted by Crippen LogP contribution is 2.35. The lowest BCUT2D eigenvalue weighted by atomic mass is 10.1. The molecular formula is C16H23NO5S. The molecule has 0 aliphatic carbocycles. The predicted molar refractivity (Wildman–Crippen MR) is 87.6 cm³/mol. The summed E-state index contributed by atoms with van der Waals surface area (Å²) in [6, 6.07) is 3.79. The van der Waals surface area contributed by atoms with E-state index in [4.69, 9.17) is 9.47 Å². The average Bonchev–Trinajstić information content (AvgIpc) is 2.82. The molecule has 0 radical (unpaired) electrons. The molecular weight excluding hydrogens is 318 g/mol. The molecule has 0 fully saturated rings. The van der Waals surface area contributed by atoms with Gasteiger partial charge in [0.1, 0.15) is 22.9 Å². The lowest BCUT2D eigenvalue weighted by molar-refractivity contribution is -0.120. The van der Waals surface area contributed by atoms with Crippen molar-refractivity contribution < 1.29 is 22.7 Å². The van der Waals surface area contributed by atoms with Crippen molar-refractivity contribution in [3.05, 3.63) is 23.3 Å². The summed E-state index contributed by atoms with van der Waals surface area (Å²) in [6.45, 7) is 5.96. The van der Waals surface area contributed by atoms with Gasteiger partial charge in [0.25, 0.3) is 0 Å². The van der Waals surface area contributed by atoms with Crippen LogP contribution in [0.5, 0.6) is 11.5 Å². The van der Waals surface area contributed by atoms with Crippen molar-refractivity contribution in [3.8, 4) is 11.5 Å². The normalized spacial score (nSPS) is 18.0. The van der Waals surface area contributed by atoms with E-state index < -0.39 is 21.0 Å². The summed E-state index contributed by atoms with van der Waals surface area (Å²) in [7, 11) is -3.41. The molecule has 0 bridgehead atoms. The molecule has 0 saturated heterocycles. The molecule has 6 nitrogen and oxygen atoms in total. The van der Waals surface area contributed by atoms with Crippen LogP contribution in [0.2, 0.25) is 0 Å². The third kappa shape index (κ3) is 4.16. The van der Waals surface area contributed by atoms with Gasteiger partial charge in [-0.2, -0.15) is 0 Å². The number of rotatable bonds is 6. The van der Waals surface area contributed by atoms with Crippen LogP contribution >= 0.6 is 0 Å². The topological polar surface area (TPSA) is 81.7 Å². The SMILES string of the molecule is CCOc1cc2c(cc1CNC(=O)[C@H](C)S(C)(=O)=O)O[C@@H](C)C2. The molecule has 1 N–H and O–H groups in total. The summed E-state index contributed by atoms with van der Waals surface area (Å²) in [4.78, 5) is 12.0. The largest absolute Gasteiger partial charge is 0.494 e. The van der Waals surface area contributed by atoms with Crippen molar-refractivity contribution in [1.82, 2.24) is 5.32 Å². The van der Waals surface area contributed by atoms with Gasteiger partial charge in [-0.05, 0) is 32.9 Å². The van der Waals surface area contributed by atoms with Crippen molar-refractivity contribution in [1.29, 1.82) is 0 Å². The zero-order chi connectivity index (χ0) is 17.2. The number of benzene rings is 1. The lowest BCUT2D eigenvalue weighted by Crippen LogP contribution is -2.37. The van der Waals surface area contributed by atoms with Crippen LogP contribution in [0.3, 0.4) is 0 Å². The van der Waals surface area contributed by atoms with Gasteiger partial charge in [-0.1, -0.05) is 0 Å². The fraction of sp³-hybridized carbons (Fsp3) is 0.562. The quantitative estimate of drug-likeness (QED) is 0.847. The molecule has 1 amide bonds. The van der Waals surface area contributed by atoms with Crippen LogP contribution in [0.1, 0.15) is 31.9 Å². The molecule has 2 rings (SSSR count). The Hall–Kier alpha value is -1.76. The van der Waals surface area contributed by atoms with E-state index in [9.17, 15) is 13.2 Å². The number of carbonyl (C=O) groups excluding carboxylic acids is 1. The minimum absolute atomic E-state index is 0.120. The van der Waals surface area contributed by atoms with Crippen LogP contribution in [0, 0.1) is 0 Å². The fourth-order valence-corrected chi connectivity index (χ4v) is 2.90. The van der Waals surface area contributed by atoms with Crippen molar-refractivity contribution in [3.63, 3.8) is 0 Å². The van der Waals surface area contributed by atoms with E-state index in [1.54, 1.807) is 0 Å². The average molecular weight is 341 g/mol. The molecule has 128 valence electrons. The number of fused-ring (bicyclic) bond motifs is 1. The summed E-state index contributed by atoms with van der Waals surface area (Å²) in [5, 5.41) is 1.57. The summed E-state index contributed by atoms with van der Waals surface area (Å²) in [5.74, 6) is 0.961. The second-order valence-electron chi connectivity index (χ2n) is 5.82. The van der Waals surface area contributed by atoms with Crippen molar-refractivity contribution in [2.75, 3.05) is 12.9 Å². The molecule has 1 heterocycles. The van der Waals surface area contributed by atoms with E-state index in [0.29, 0.717) is 12.4 Å². The maximum Gasteiger partial charge on any atom is 0.238 e. The Bertz CT molecular complexity index is 699. The highest BCUT2D eigenvalue weighted by Gasteiger charge is 2.25. The Morgan fingerprint density at radius 1 is 1.48 bits per heavy atom. The van der Waals surface area contributed by atoms with E-state index >= 15 is 0 Å². The third-order valence-corrected chi connectivity index (χ3v) is 5.34. The second kappa shape index (κ2) is 6.78. The summed E-state index contributed by atoms with van der Waals surface area (Å²) < 4.78 is 34.2. The first-order valence-corrected chi connectivity index (χ1v) is 9.59. The lowest BCUT2D eigenvalue weighted by Gasteiger charge is -2.15. The molecule has 1 aliphatic rings. The van der Waals surface area contributed by atoms with Crippen LogP contribution in [0.15, 0.2) is 12.1 Å². The second-order valence-corrected chi connectivity index (χ2v) is 8.19. The van der Waals surface area contributed by atoms with E-state index in [2.05, 4.69) is 5.32 Å². The summed E-state index contributed by atoms with van der Waals surface area (Å²) in [5.41, 5.74) is 1.86. The minimum Gasteiger partial charge on any atom is -0.494 e. The number of sulfone groups is 1. The van der Waals surface area contributed by atoms with E-state index in [1.807, 2.05) is 26.0 Å². The van der Waals surface area contributed by atoms with Gasteiger partial charge in [-0.25, -0.2) is 8.42 Å². The van der Waals surface area contributed by atoms with Gasteiger partial charge >= 0.3 is 0 Å². The van der Waals surface area contributed by atoms with Crippen molar-refractivity contribution in [2.24, 2.45) is 0 Å². The molecule has 2 atom stereocenters. The molecule has 1 aromatic rings. The van der Waals surface area contributed by atoms with Crippen LogP contribution in [-0.4, -0.2) is 38.5 Å². The standard InChI is InChI=1S/C16H23NO5S/c1-5-21-14-7-12-6-10(2)22-15(12)8-13(14)9-17-16(18)11(3)23(4,19)20/h7-8,10-11H,5-6,9H2,1-4H3,(H,17,18)/t10-,11-/m0/s1. The Labute approximate surface area is 137 Å². The molecule has 0 spiro atoms. The molecule has 23 heavy (non-hydrogen) atoms. The Balaban J connectivity index is 2.16. The van der Waals surface area contributed by atoms with E-state index in [-0.39, 0.29) is 12.6 Å². The van der Waals surface area contributed by atoms with Crippen molar-refractivity contribution >= 4 is 15.7 Å². The Morgan fingerprint density at radius 3 is 2.78 bits per heavy atom. The van der Waals surface area contributed by atoms with Crippen LogP contribution in [0.25, 0.3) is 0 Å². The van der Waals surface area contributed by atoms with Crippen molar-refractivity contribution in [2.45, 2.75) is 45.1 Å². The molecule has 7 heteroatoms. The summed E-state index contributed by atoms with van der Waals surface area (Å²) >= 11 is 0. The molecule has 1 aromatic carbocycles. The maximum absolute atomic E-state index is 12.0. The van der Waals surface area contributed by atoms with Gasteiger partial charge in [0.15, 0.2) is 9.84 Å². The Morgan fingerprint density at radius 2 is 2.17 bits per heavy atom. The monoisotopic (exact) mass is 341 g/mol. The number of hydrogen-bond acceptors (Lipinski definition) is 5. The zero-order valence-corrected chi connectivity index (χ0v) is 14.7. The predicted octanol–water partition coefficient (Wildman–Crippen LogP) is 1.46. The number of hydrogen-bond donors (Lipinski definition) is 1. The molecule has 0 saturated carbocycles. The number of nitrogens with one attached hydrogen (secondary N) is 1. The molecule has 0 aromatic heterocycles. The highest BCUT2D eigenvalue weighted by atomic mass is 32.2. The highest BCUT2D eigenvalue weighted by molar-refractivity contribution is 7.92. The number of ether oxygens (including phenoxy) is 2. The van der Waals surface area contributed by atoms with Gasteiger partial charge in [-0.3, -0.25) is 4.79 Å². The number of carbonyl (C=O) groups is 1. The maximum atomic E-state index is 12.0. The van der Waals surface area contributed by atoms with E-state index in [0.717, 1.165) is 29.6 Å². The van der Waals surface area contributed by atoms with Crippen LogP contribution < -0.4 is 14.8 Å². The molecule has 0 unspecified atom stereocenters. The van der Waals surface area contributed by atoms with Gasteiger partial charge < -0.3 is 14.8 Å². The third-order valence-electron chi connectivity index (χ3n) is 3.84. The van der Waals surface area contributed by atoms with E-state index in [1.165, 1.54) is 6.92 Å². The first-order valence-electron chi connectivity index (χ1n) is 7.64. The van der Waals surface area contributed by atoms with Gasteiger partial charge in [0.2, 0.25) is 5.91 Å². The van der Waals surface area contributed by atoms with Gasteiger partial charge in [0, 0.05) is 30.3 Å². The fourth-order valence-electron chi connectivity index (χ4n) is 2.43. The first kappa shape index (κ1) is 17.6. The summed E-state index contributed by atoms with van der Waals surface area (Å²) in [6.07, 6.45) is 2.00. The Kier molecular flexibility index (Phi) is 5.19. The smallest absolute Gasteiger partial charge is 0.238 e. The minimum atomic E-state index is -3.41. The first-order chi connectivity index (χ1) is 10.7. The van der Waals surface area contributed by atoms with Gasteiger partial charge in [-0.15, -0.1) is 0 Å². The number of amides is 1. The zero-order valence-electron chi connectivity index (χ0n) is 13.9. The van der Waals surface area contributed by atoms with Crippen LogP contribution in [-0.2, 0) is 27.6 Å². The molecule has 1 aliphatic heterocycles. The van der Waals surface area contributed by atoms with Crippen LogP contribution in [0.4, 0.5) is 0 Å². The van der Waals surface area contributed by atoms with Gasteiger partial charge in [0.05, 0.1) is 6.61 Å².